The topological polar surface area (TPSA) is 37.3 Å². The normalized spacial score (nSPS) is 57.9. The molecule has 124 valence electrons. The molecule has 4 rings (SSSR count). The highest BCUT2D eigenvalue weighted by Crippen LogP contribution is 2.66. The molecule has 0 spiro atoms. The van der Waals surface area contributed by atoms with Crippen molar-refractivity contribution in [1.82, 2.24) is 0 Å². The van der Waals surface area contributed by atoms with Crippen molar-refractivity contribution in [2.45, 2.75) is 78.2 Å². The van der Waals surface area contributed by atoms with Crippen LogP contribution < -0.4 is 0 Å². The van der Waals surface area contributed by atoms with E-state index in [-0.39, 0.29) is 17.4 Å². The second-order valence-corrected chi connectivity index (χ2v) is 9.57. The molecule has 0 bridgehead atoms. The maximum absolute atomic E-state index is 12.2. The molecule has 4 saturated carbocycles. The van der Waals surface area contributed by atoms with E-state index >= 15 is 0 Å². The first-order chi connectivity index (χ1) is 10.4. The Kier molecular flexibility index (Phi) is 3.32. The fourth-order valence-electron chi connectivity index (χ4n) is 7.38. The van der Waals surface area contributed by atoms with Gasteiger partial charge in [-0.15, -0.1) is 0 Å². The van der Waals surface area contributed by atoms with E-state index in [0.29, 0.717) is 17.1 Å². The Morgan fingerprint density at radius 2 is 1.73 bits per heavy atom. The highest BCUT2D eigenvalue weighted by molar-refractivity contribution is 5.82. The fraction of sp³-hybridized carbons (Fsp3) is 0.950. The van der Waals surface area contributed by atoms with E-state index in [1.54, 1.807) is 0 Å². The molecule has 0 heterocycles. The third kappa shape index (κ3) is 1.85. The molecule has 22 heavy (non-hydrogen) atoms. The Morgan fingerprint density at radius 1 is 1.00 bits per heavy atom. The summed E-state index contributed by atoms with van der Waals surface area (Å²) in [6.07, 6.45) is 9.16. The van der Waals surface area contributed by atoms with E-state index < -0.39 is 0 Å². The summed E-state index contributed by atoms with van der Waals surface area (Å²) in [6.45, 7) is 7.01. The van der Waals surface area contributed by atoms with E-state index in [1.165, 1.54) is 32.1 Å². The zero-order valence-electron chi connectivity index (χ0n) is 14.5. The van der Waals surface area contributed by atoms with Crippen molar-refractivity contribution < 1.29 is 9.90 Å². The number of ketones is 1. The first-order valence-corrected chi connectivity index (χ1v) is 9.57. The molecule has 0 aromatic rings. The van der Waals surface area contributed by atoms with Gasteiger partial charge >= 0.3 is 0 Å². The average molecular weight is 304 g/mol. The predicted octanol–water partition coefficient (Wildman–Crippen LogP) is 4.21. The summed E-state index contributed by atoms with van der Waals surface area (Å²) in [5.74, 6) is 3.74. The van der Waals surface area contributed by atoms with Gasteiger partial charge in [-0.3, -0.25) is 4.79 Å². The van der Waals surface area contributed by atoms with E-state index in [0.717, 1.165) is 37.0 Å². The number of hydrogen-bond acceptors (Lipinski definition) is 2. The van der Waals surface area contributed by atoms with Gasteiger partial charge in [-0.2, -0.15) is 0 Å². The van der Waals surface area contributed by atoms with E-state index in [1.807, 2.05) is 0 Å². The Labute approximate surface area is 135 Å². The van der Waals surface area contributed by atoms with Gasteiger partial charge < -0.3 is 5.11 Å². The summed E-state index contributed by atoms with van der Waals surface area (Å²) in [6, 6.07) is 0. The SMILES string of the molecule is C[C@@H]1C[C@@]2(C)[C@@H](CC[C@H]3[C@H]2CC[C@]2(C)[C@H](O)CC[C@@H]32)CC1=O. The Bertz CT molecular complexity index is 486. The van der Waals surface area contributed by atoms with Crippen LogP contribution in [0.2, 0.25) is 0 Å². The second kappa shape index (κ2) is 4.82. The van der Waals surface area contributed by atoms with Crippen molar-refractivity contribution in [3.05, 3.63) is 0 Å². The molecular weight excluding hydrogens is 272 g/mol. The minimum atomic E-state index is -0.0733. The molecule has 2 nitrogen and oxygen atoms in total. The predicted molar refractivity (Wildman–Crippen MR) is 87.3 cm³/mol. The standard InChI is InChI=1S/C20H32O2/c1-12-11-20(3)13(10-17(12)21)4-5-14-15-6-7-18(22)19(15,2)9-8-16(14)20/h12-16,18,22H,4-11H2,1-3H3/t12-,13+,14-,15+,16-,18-,19+,20+/m1/s1. The molecule has 8 atom stereocenters. The molecule has 0 aliphatic heterocycles. The smallest absolute Gasteiger partial charge is 0.136 e. The van der Waals surface area contributed by atoms with Crippen molar-refractivity contribution in [2.24, 2.45) is 40.4 Å². The molecule has 2 heteroatoms. The van der Waals surface area contributed by atoms with Gasteiger partial charge in [0, 0.05) is 12.3 Å². The molecule has 0 saturated heterocycles. The van der Waals surface area contributed by atoms with Crippen molar-refractivity contribution in [3.63, 3.8) is 0 Å². The summed E-state index contributed by atoms with van der Waals surface area (Å²) >= 11 is 0. The largest absolute Gasteiger partial charge is 0.393 e. The second-order valence-electron chi connectivity index (χ2n) is 9.57. The number of Topliss-reactive ketones (excluding diaryl/α,β-unsaturated/α-hetero) is 1. The van der Waals surface area contributed by atoms with E-state index in [2.05, 4.69) is 20.8 Å². The summed E-state index contributed by atoms with van der Waals surface area (Å²) in [5.41, 5.74) is 0.561. The third-order valence-electron chi connectivity index (χ3n) is 8.76. The first-order valence-electron chi connectivity index (χ1n) is 9.57. The Balaban J connectivity index is 1.65. The maximum atomic E-state index is 12.2. The van der Waals surface area contributed by atoms with Crippen molar-refractivity contribution in [2.75, 3.05) is 0 Å². The molecule has 4 aliphatic rings. The van der Waals surface area contributed by atoms with Gasteiger partial charge in [-0.1, -0.05) is 20.8 Å². The van der Waals surface area contributed by atoms with Crippen LogP contribution in [0.15, 0.2) is 0 Å². The van der Waals surface area contributed by atoms with Gasteiger partial charge in [-0.25, -0.2) is 0 Å². The summed E-state index contributed by atoms with van der Waals surface area (Å²) < 4.78 is 0. The lowest BCUT2D eigenvalue weighted by molar-refractivity contribution is -0.148. The molecule has 0 aromatic heterocycles. The molecule has 0 radical (unpaired) electrons. The van der Waals surface area contributed by atoms with Crippen molar-refractivity contribution in [1.29, 1.82) is 0 Å². The number of fused-ring (bicyclic) bond motifs is 5. The van der Waals surface area contributed by atoms with Crippen LogP contribution in [-0.2, 0) is 4.79 Å². The van der Waals surface area contributed by atoms with Crippen LogP contribution in [0.1, 0.15) is 72.1 Å². The molecule has 1 N–H and O–H groups in total. The molecular formula is C20H32O2. The molecule has 0 amide bonds. The monoisotopic (exact) mass is 304 g/mol. The van der Waals surface area contributed by atoms with Crippen LogP contribution in [-0.4, -0.2) is 17.0 Å². The molecule has 0 aromatic carbocycles. The van der Waals surface area contributed by atoms with Gasteiger partial charge in [0.1, 0.15) is 5.78 Å². The van der Waals surface area contributed by atoms with Gasteiger partial charge in [-0.05, 0) is 79.4 Å². The lowest BCUT2D eigenvalue weighted by Crippen LogP contribution is -2.55. The third-order valence-corrected chi connectivity index (χ3v) is 8.76. The van der Waals surface area contributed by atoms with Crippen molar-refractivity contribution >= 4 is 5.78 Å². The zero-order chi connectivity index (χ0) is 15.7. The van der Waals surface area contributed by atoms with Crippen LogP contribution in [0.5, 0.6) is 0 Å². The van der Waals surface area contributed by atoms with Gasteiger partial charge in [0.25, 0.3) is 0 Å². The lowest BCUT2D eigenvalue weighted by Gasteiger charge is -2.60. The van der Waals surface area contributed by atoms with Crippen LogP contribution in [0.3, 0.4) is 0 Å². The summed E-state index contributed by atoms with van der Waals surface area (Å²) in [7, 11) is 0. The highest BCUT2D eigenvalue weighted by atomic mass is 16.3. The number of rotatable bonds is 0. The van der Waals surface area contributed by atoms with Gasteiger partial charge in [0.2, 0.25) is 0 Å². The zero-order valence-corrected chi connectivity index (χ0v) is 14.5. The first kappa shape index (κ1) is 15.2. The summed E-state index contributed by atoms with van der Waals surface area (Å²) in [4.78, 5) is 12.2. The number of carbonyl (C=O) groups is 1. The fourth-order valence-corrected chi connectivity index (χ4v) is 7.38. The van der Waals surface area contributed by atoms with Gasteiger partial charge in [0.15, 0.2) is 0 Å². The Hall–Kier alpha value is -0.370. The number of aliphatic hydroxyl groups is 1. The minimum absolute atomic E-state index is 0.0733. The van der Waals surface area contributed by atoms with E-state index in [4.69, 9.17) is 0 Å². The number of hydrogen-bond donors (Lipinski definition) is 1. The van der Waals surface area contributed by atoms with E-state index in [9.17, 15) is 9.90 Å². The van der Waals surface area contributed by atoms with Gasteiger partial charge in [0.05, 0.1) is 6.10 Å². The molecule has 4 fully saturated rings. The lowest BCUT2D eigenvalue weighted by atomic mass is 9.44. The average Bonchev–Trinajstić information content (AvgIpc) is 2.77. The van der Waals surface area contributed by atoms with Crippen molar-refractivity contribution in [3.8, 4) is 0 Å². The van der Waals surface area contributed by atoms with Crippen LogP contribution in [0.25, 0.3) is 0 Å². The molecule has 0 unspecified atom stereocenters. The maximum Gasteiger partial charge on any atom is 0.136 e. The minimum Gasteiger partial charge on any atom is -0.393 e. The van der Waals surface area contributed by atoms with Crippen LogP contribution in [0, 0.1) is 40.4 Å². The highest BCUT2D eigenvalue weighted by Gasteiger charge is 2.60. The molecule has 4 aliphatic carbocycles. The number of carbonyl (C=O) groups excluding carboxylic acids is 1. The van der Waals surface area contributed by atoms with Crippen LogP contribution in [0.4, 0.5) is 0 Å². The number of aliphatic hydroxyl groups excluding tert-OH is 1. The van der Waals surface area contributed by atoms with Crippen LogP contribution >= 0.6 is 0 Å². The quantitative estimate of drug-likeness (QED) is 0.728. The Morgan fingerprint density at radius 3 is 2.50 bits per heavy atom. The summed E-state index contributed by atoms with van der Waals surface area (Å²) in [5, 5.41) is 10.5.